The molecule has 1 N–H and O–H groups in total. The van der Waals surface area contributed by atoms with E-state index in [1.807, 2.05) is 19.1 Å². The lowest BCUT2D eigenvalue weighted by Gasteiger charge is -2.06. The van der Waals surface area contributed by atoms with E-state index in [0.29, 0.717) is 6.61 Å². The Hall–Kier alpha value is -2.14. The minimum atomic E-state index is -1.05. The number of carboxylic acid groups (broad SMARTS) is 1. The summed E-state index contributed by atoms with van der Waals surface area (Å²) in [6.07, 6.45) is 5.72. The van der Waals surface area contributed by atoms with Gasteiger partial charge in [0.2, 0.25) is 5.60 Å². The highest BCUT2D eigenvalue weighted by Gasteiger charge is 2.54. The van der Waals surface area contributed by atoms with Crippen LogP contribution in [-0.2, 0) is 24.7 Å². The second-order valence-electron chi connectivity index (χ2n) is 5.72. The van der Waals surface area contributed by atoms with Crippen molar-refractivity contribution in [1.29, 1.82) is 0 Å². The maximum Gasteiger partial charge on any atom is 0.343 e. The second kappa shape index (κ2) is 9.88. The second-order valence-corrected chi connectivity index (χ2v) is 5.72. The summed E-state index contributed by atoms with van der Waals surface area (Å²) < 4.78 is 9.76. The van der Waals surface area contributed by atoms with E-state index in [2.05, 4.69) is 13.5 Å². The molecule has 1 aliphatic heterocycles. The van der Waals surface area contributed by atoms with Crippen molar-refractivity contribution in [2.24, 2.45) is 0 Å². The van der Waals surface area contributed by atoms with Crippen molar-refractivity contribution in [3.63, 3.8) is 0 Å². The molecule has 0 aliphatic carbocycles. The number of esters is 1. The molecule has 0 saturated carbocycles. The van der Waals surface area contributed by atoms with Crippen LogP contribution in [0.2, 0.25) is 0 Å². The first-order valence-corrected chi connectivity index (χ1v) is 8.20. The number of benzene rings is 1. The van der Waals surface area contributed by atoms with Gasteiger partial charge in [-0.2, -0.15) is 0 Å². The third kappa shape index (κ3) is 6.16. The van der Waals surface area contributed by atoms with Gasteiger partial charge in [0, 0.05) is 6.08 Å². The van der Waals surface area contributed by atoms with Crippen LogP contribution in [0, 0.1) is 6.92 Å². The summed E-state index contributed by atoms with van der Waals surface area (Å²) in [4.78, 5) is 21.3. The summed E-state index contributed by atoms with van der Waals surface area (Å²) in [7, 11) is 0. The average molecular weight is 334 g/mol. The molecule has 0 amide bonds. The molecule has 1 heterocycles. The highest BCUT2D eigenvalue weighted by Crippen LogP contribution is 2.38. The fourth-order valence-electron chi connectivity index (χ4n) is 2.07. The summed E-state index contributed by atoms with van der Waals surface area (Å²) in [5.74, 6) is -1.22. The van der Waals surface area contributed by atoms with Gasteiger partial charge >= 0.3 is 11.9 Å². The Labute approximate surface area is 143 Å². The van der Waals surface area contributed by atoms with Gasteiger partial charge in [0.15, 0.2) is 0 Å². The largest absolute Gasteiger partial charge is 0.479 e. The van der Waals surface area contributed by atoms with Gasteiger partial charge in [-0.15, -0.1) is 0 Å². The maximum absolute atomic E-state index is 10.8. The first-order chi connectivity index (χ1) is 11.5. The Kier molecular flexibility index (Phi) is 8.19. The van der Waals surface area contributed by atoms with Crippen LogP contribution >= 0.6 is 0 Å². The SMILES string of the molecule is C=CC(=O)OCCCCCC.Cc1ccc(C2(C(=O)O)CO2)cc1. The molecule has 1 fully saturated rings. The number of carbonyl (C=O) groups is 2. The summed E-state index contributed by atoms with van der Waals surface area (Å²) >= 11 is 0. The van der Waals surface area contributed by atoms with Gasteiger partial charge in [-0.3, -0.25) is 0 Å². The van der Waals surface area contributed by atoms with Crippen molar-refractivity contribution in [3.8, 4) is 0 Å². The summed E-state index contributed by atoms with van der Waals surface area (Å²) in [5, 5.41) is 8.90. The Bertz CT molecular complexity index is 543. The first-order valence-electron chi connectivity index (χ1n) is 8.20. The topological polar surface area (TPSA) is 76.1 Å². The molecule has 1 atom stereocenters. The molecule has 1 unspecified atom stereocenters. The fraction of sp³-hybridized carbons (Fsp3) is 0.474. The zero-order chi connectivity index (χ0) is 18.0. The molecular formula is C19H26O5. The number of hydrogen-bond acceptors (Lipinski definition) is 4. The van der Waals surface area contributed by atoms with Crippen LogP contribution < -0.4 is 0 Å². The monoisotopic (exact) mass is 334 g/mol. The van der Waals surface area contributed by atoms with E-state index in [4.69, 9.17) is 14.6 Å². The number of hydrogen-bond donors (Lipinski definition) is 1. The van der Waals surface area contributed by atoms with Crippen molar-refractivity contribution < 1.29 is 24.2 Å². The zero-order valence-electron chi connectivity index (χ0n) is 14.4. The van der Waals surface area contributed by atoms with E-state index in [9.17, 15) is 9.59 Å². The number of aliphatic carboxylic acids is 1. The molecule has 1 saturated heterocycles. The maximum atomic E-state index is 10.8. The normalized spacial score (nSPS) is 18.1. The number of rotatable bonds is 8. The van der Waals surface area contributed by atoms with E-state index in [-0.39, 0.29) is 12.6 Å². The first kappa shape index (κ1) is 19.9. The number of epoxide rings is 1. The summed E-state index contributed by atoms with van der Waals surface area (Å²) in [6, 6.07) is 7.39. The van der Waals surface area contributed by atoms with E-state index in [1.165, 1.54) is 18.9 Å². The highest BCUT2D eigenvalue weighted by molar-refractivity contribution is 5.82. The third-order valence-electron chi connectivity index (χ3n) is 3.71. The molecular weight excluding hydrogens is 308 g/mol. The van der Waals surface area contributed by atoms with Crippen LogP contribution in [0.5, 0.6) is 0 Å². The standard InChI is InChI=1S/C10H10O3.C9H16O2/c1-7-2-4-8(5-3-7)10(6-13-10)9(11)12;1-3-5-6-7-8-11-9(10)4-2/h2-5H,6H2,1H3,(H,11,12);4H,2-3,5-8H2,1H3. The van der Waals surface area contributed by atoms with Gasteiger partial charge in [-0.05, 0) is 18.9 Å². The number of ether oxygens (including phenoxy) is 2. The van der Waals surface area contributed by atoms with E-state index in [1.54, 1.807) is 12.1 Å². The molecule has 0 aromatic heterocycles. The van der Waals surface area contributed by atoms with Gasteiger partial charge in [0.05, 0.1) is 13.2 Å². The number of unbranched alkanes of at least 4 members (excludes halogenated alkanes) is 3. The predicted octanol–water partition coefficient (Wildman–Crippen LogP) is 3.60. The third-order valence-corrected chi connectivity index (χ3v) is 3.71. The van der Waals surface area contributed by atoms with E-state index >= 15 is 0 Å². The number of carboxylic acids is 1. The van der Waals surface area contributed by atoms with Gasteiger partial charge in [0.25, 0.3) is 0 Å². The Morgan fingerprint density at radius 2 is 1.92 bits per heavy atom. The van der Waals surface area contributed by atoms with Crippen molar-refractivity contribution in [3.05, 3.63) is 48.0 Å². The molecule has 2 rings (SSSR count). The van der Waals surface area contributed by atoms with E-state index < -0.39 is 11.6 Å². The molecule has 0 radical (unpaired) electrons. The smallest absolute Gasteiger partial charge is 0.343 e. The molecule has 0 bridgehead atoms. The minimum Gasteiger partial charge on any atom is -0.479 e. The Morgan fingerprint density at radius 1 is 1.29 bits per heavy atom. The van der Waals surface area contributed by atoms with Crippen LogP contribution in [0.25, 0.3) is 0 Å². The van der Waals surface area contributed by atoms with Crippen LogP contribution in [0.1, 0.15) is 43.7 Å². The highest BCUT2D eigenvalue weighted by atomic mass is 16.6. The van der Waals surface area contributed by atoms with Crippen molar-refractivity contribution >= 4 is 11.9 Å². The van der Waals surface area contributed by atoms with E-state index in [0.717, 1.165) is 24.0 Å². The quantitative estimate of drug-likeness (QED) is 0.340. The van der Waals surface area contributed by atoms with Crippen LogP contribution in [0.15, 0.2) is 36.9 Å². The van der Waals surface area contributed by atoms with Crippen molar-refractivity contribution in [1.82, 2.24) is 0 Å². The lowest BCUT2D eigenvalue weighted by Crippen LogP contribution is -2.21. The zero-order valence-corrected chi connectivity index (χ0v) is 14.4. The summed E-state index contributed by atoms with van der Waals surface area (Å²) in [5.41, 5.74) is 0.795. The van der Waals surface area contributed by atoms with Gasteiger partial charge in [-0.1, -0.05) is 62.6 Å². The average Bonchev–Trinajstić information content (AvgIpc) is 3.37. The molecule has 1 aromatic carbocycles. The molecule has 5 heteroatoms. The number of aryl methyl sites for hydroxylation is 1. The molecule has 24 heavy (non-hydrogen) atoms. The van der Waals surface area contributed by atoms with Crippen LogP contribution in [0.3, 0.4) is 0 Å². The number of carbonyl (C=O) groups excluding carboxylic acids is 1. The minimum absolute atomic E-state index is 0.283. The van der Waals surface area contributed by atoms with Gasteiger partial charge in [0.1, 0.15) is 0 Å². The Balaban J connectivity index is 0.000000245. The lowest BCUT2D eigenvalue weighted by molar-refractivity contribution is -0.143. The fourth-order valence-corrected chi connectivity index (χ4v) is 2.07. The molecule has 132 valence electrons. The van der Waals surface area contributed by atoms with Gasteiger partial charge in [-0.25, -0.2) is 9.59 Å². The van der Waals surface area contributed by atoms with Gasteiger partial charge < -0.3 is 14.6 Å². The molecule has 0 spiro atoms. The molecule has 1 aromatic rings. The van der Waals surface area contributed by atoms with Crippen molar-refractivity contribution in [2.45, 2.75) is 45.1 Å². The lowest BCUT2D eigenvalue weighted by atomic mass is 9.99. The van der Waals surface area contributed by atoms with Crippen LogP contribution in [0.4, 0.5) is 0 Å². The predicted molar refractivity (Wildman–Crippen MR) is 91.7 cm³/mol. The summed E-state index contributed by atoms with van der Waals surface area (Å²) in [6.45, 7) is 8.23. The van der Waals surface area contributed by atoms with Crippen molar-refractivity contribution in [2.75, 3.05) is 13.2 Å². The van der Waals surface area contributed by atoms with Crippen LogP contribution in [-0.4, -0.2) is 30.3 Å². The molecule has 1 aliphatic rings. The molecule has 5 nitrogen and oxygen atoms in total. The Morgan fingerprint density at radius 3 is 2.38 bits per heavy atom.